The second-order valence-corrected chi connectivity index (χ2v) is 1.49. The molecule has 0 unspecified atom stereocenters. The van der Waals surface area contributed by atoms with Gasteiger partial charge in [0, 0.05) is 6.92 Å². The SMILES string of the molecule is C=COC(C)=O.O=[SH](=O)O.[NaH]. The van der Waals surface area contributed by atoms with E-state index in [0.717, 1.165) is 6.26 Å². The van der Waals surface area contributed by atoms with Crippen LogP contribution in [-0.2, 0) is 20.5 Å². The van der Waals surface area contributed by atoms with Crippen molar-refractivity contribution in [3.8, 4) is 0 Å². The van der Waals surface area contributed by atoms with E-state index in [4.69, 9.17) is 13.0 Å². The number of hydrogen-bond acceptors (Lipinski definition) is 4. The number of rotatable bonds is 1. The van der Waals surface area contributed by atoms with E-state index in [1.54, 1.807) is 0 Å². The third-order valence-electron chi connectivity index (χ3n) is 0.249. The number of hydrogen-bond donors (Lipinski definition) is 2. The van der Waals surface area contributed by atoms with Crippen molar-refractivity contribution in [2.75, 3.05) is 0 Å². The van der Waals surface area contributed by atoms with Gasteiger partial charge in [0.25, 0.3) is 11.0 Å². The predicted octanol–water partition coefficient (Wildman–Crippen LogP) is -0.885. The summed E-state index contributed by atoms with van der Waals surface area (Å²) >= 11 is 0. The molecule has 0 saturated carbocycles. The molecule has 7 heteroatoms. The fourth-order valence-corrected chi connectivity index (χ4v) is 0.117. The first-order chi connectivity index (χ1) is 4.50. The van der Waals surface area contributed by atoms with E-state index in [9.17, 15) is 4.79 Å². The van der Waals surface area contributed by atoms with Crippen LogP contribution in [0.1, 0.15) is 6.92 Å². The molecule has 62 valence electrons. The van der Waals surface area contributed by atoms with Crippen LogP contribution in [0, 0.1) is 0 Å². The molecular formula is C4H9NaO5S. The number of esters is 1. The maximum absolute atomic E-state index is 9.75. The zero-order valence-corrected chi connectivity index (χ0v) is 6.21. The van der Waals surface area contributed by atoms with Crippen molar-refractivity contribution in [2.45, 2.75) is 6.92 Å². The molecule has 0 radical (unpaired) electrons. The number of thiol groups is 1. The molecule has 0 aromatic rings. The molecule has 0 aliphatic rings. The van der Waals surface area contributed by atoms with Crippen molar-refractivity contribution in [1.82, 2.24) is 0 Å². The van der Waals surface area contributed by atoms with E-state index in [1.165, 1.54) is 6.92 Å². The van der Waals surface area contributed by atoms with Crippen LogP contribution in [0.5, 0.6) is 0 Å². The molecule has 0 bridgehead atoms. The number of carbonyl (C=O) groups is 1. The Bertz CT molecular complexity index is 167. The summed E-state index contributed by atoms with van der Waals surface area (Å²) in [7, 11) is -3.12. The molecule has 0 rings (SSSR count). The predicted molar refractivity (Wildman–Crippen MR) is 42.1 cm³/mol. The Hall–Kier alpha value is 0.120. The van der Waals surface area contributed by atoms with Crippen LogP contribution in [0.25, 0.3) is 0 Å². The summed E-state index contributed by atoms with van der Waals surface area (Å²) in [6, 6.07) is 0. The van der Waals surface area contributed by atoms with Gasteiger partial charge in [-0.2, -0.15) is 0 Å². The first-order valence-corrected chi connectivity index (χ1v) is 3.25. The molecule has 0 aromatic heterocycles. The van der Waals surface area contributed by atoms with Gasteiger partial charge in [0.15, 0.2) is 0 Å². The average Bonchev–Trinajstić information content (AvgIpc) is 1.62. The van der Waals surface area contributed by atoms with Gasteiger partial charge in [0.1, 0.15) is 0 Å². The van der Waals surface area contributed by atoms with Gasteiger partial charge in [-0.05, 0) is 0 Å². The van der Waals surface area contributed by atoms with Crippen molar-refractivity contribution in [3.05, 3.63) is 12.8 Å². The van der Waals surface area contributed by atoms with Crippen LogP contribution < -0.4 is 0 Å². The second kappa shape index (κ2) is 12.8. The van der Waals surface area contributed by atoms with Crippen molar-refractivity contribution in [2.24, 2.45) is 0 Å². The molecule has 0 heterocycles. The number of ether oxygens (including phenoxy) is 1. The summed E-state index contributed by atoms with van der Waals surface area (Å²) in [6.45, 7) is 4.48. The van der Waals surface area contributed by atoms with E-state index in [-0.39, 0.29) is 35.5 Å². The molecule has 0 atom stereocenters. The minimum atomic E-state index is -3.12. The quantitative estimate of drug-likeness (QED) is 0.185. The molecule has 0 fully saturated rings. The van der Waals surface area contributed by atoms with Gasteiger partial charge < -0.3 is 4.74 Å². The minimum absolute atomic E-state index is 0. The van der Waals surface area contributed by atoms with Crippen LogP contribution >= 0.6 is 0 Å². The van der Waals surface area contributed by atoms with Crippen molar-refractivity contribution < 1.29 is 22.5 Å². The fraction of sp³-hybridized carbons (Fsp3) is 0.250. The summed E-state index contributed by atoms with van der Waals surface area (Å²) < 4.78 is 28.4. The maximum atomic E-state index is 9.75. The number of carbonyl (C=O) groups excluding carboxylic acids is 1. The monoisotopic (exact) mass is 192 g/mol. The van der Waals surface area contributed by atoms with E-state index in [2.05, 4.69) is 11.3 Å². The van der Waals surface area contributed by atoms with Crippen molar-refractivity contribution in [1.29, 1.82) is 0 Å². The molecule has 0 amide bonds. The van der Waals surface area contributed by atoms with Gasteiger partial charge in [0.05, 0.1) is 6.26 Å². The molecule has 0 aromatic carbocycles. The Kier molecular flexibility index (Phi) is 20.0. The fourth-order valence-electron chi connectivity index (χ4n) is 0.117. The van der Waals surface area contributed by atoms with Gasteiger partial charge in [-0.25, -0.2) is 8.42 Å². The van der Waals surface area contributed by atoms with E-state index < -0.39 is 11.0 Å². The third-order valence-corrected chi connectivity index (χ3v) is 0.249. The van der Waals surface area contributed by atoms with Crippen LogP contribution in [-0.4, -0.2) is 48.5 Å². The van der Waals surface area contributed by atoms with E-state index in [0.29, 0.717) is 0 Å². The van der Waals surface area contributed by atoms with E-state index in [1.807, 2.05) is 0 Å². The zero-order valence-electron chi connectivity index (χ0n) is 5.31. The van der Waals surface area contributed by atoms with Gasteiger partial charge in [-0.3, -0.25) is 9.35 Å². The Morgan fingerprint density at radius 2 is 1.91 bits per heavy atom. The topological polar surface area (TPSA) is 80.7 Å². The summed E-state index contributed by atoms with van der Waals surface area (Å²) in [5.74, 6) is -0.329. The van der Waals surface area contributed by atoms with Crippen molar-refractivity contribution >= 4 is 46.5 Å². The molecule has 11 heavy (non-hydrogen) atoms. The van der Waals surface area contributed by atoms with Gasteiger partial charge in [-0.1, -0.05) is 6.58 Å². The Balaban J connectivity index is -0.000000114. The Morgan fingerprint density at radius 1 is 1.64 bits per heavy atom. The summed E-state index contributed by atoms with van der Waals surface area (Å²) in [5.41, 5.74) is 0. The molecule has 0 saturated heterocycles. The van der Waals surface area contributed by atoms with Crippen LogP contribution in [0.4, 0.5) is 0 Å². The van der Waals surface area contributed by atoms with Crippen molar-refractivity contribution in [3.63, 3.8) is 0 Å². The van der Waals surface area contributed by atoms with Crippen LogP contribution in [0.3, 0.4) is 0 Å². The van der Waals surface area contributed by atoms with Gasteiger partial charge in [0.2, 0.25) is 0 Å². The summed E-state index contributed by atoms with van der Waals surface area (Å²) in [5, 5.41) is 0. The average molecular weight is 192 g/mol. The Morgan fingerprint density at radius 3 is 1.91 bits per heavy atom. The molecule has 1 N–H and O–H groups in total. The van der Waals surface area contributed by atoms with Gasteiger partial charge in [-0.15, -0.1) is 0 Å². The standard InChI is InChI=1S/C4H6O2.Na.H2O3S.H/c1-3-6-4(2)5;;1-4(2)3;/h3H,1H2,2H3;;4H,(H,1,2,3);. The third kappa shape index (κ3) is 68.5. The normalized spacial score (nSPS) is 6.82. The van der Waals surface area contributed by atoms with E-state index >= 15 is 0 Å². The first-order valence-electron chi connectivity index (χ1n) is 2.12. The second-order valence-electron chi connectivity index (χ2n) is 1.01. The summed E-state index contributed by atoms with van der Waals surface area (Å²) in [6.07, 6.45) is 1.10. The summed E-state index contributed by atoms with van der Waals surface area (Å²) in [4.78, 5) is 9.75. The Labute approximate surface area is 88.5 Å². The van der Waals surface area contributed by atoms with Gasteiger partial charge >= 0.3 is 35.5 Å². The molecular weight excluding hydrogens is 183 g/mol. The molecule has 0 spiro atoms. The first kappa shape index (κ1) is 17.3. The van der Waals surface area contributed by atoms with Crippen LogP contribution in [0.2, 0.25) is 0 Å². The molecule has 0 aliphatic heterocycles. The molecule has 5 nitrogen and oxygen atoms in total. The van der Waals surface area contributed by atoms with Crippen LogP contribution in [0.15, 0.2) is 12.8 Å². The molecule has 0 aliphatic carbocycles. The zero-order chi connectivity index (χ0) is 8.57.